The number of carbonyl (C=O) groups is 1. The number of nitrogens with zero attached hydrogens (tertiary/aromatic N) is 2. The molecule has 3 rings (SSSR count). The minimum Gasteiger partial charge on any atom is -0.390 e. The third-order valence-corrected chi connectivity index (χ3v) is 4.49. The molecule has 0 spiro atoms. The van der Waals surface area contributed by atoms with E-state index in [1.54, 1.807) is 19.9 Å². The van der Waals surface area contributed by atoms with Gasteiger partial charge in [-0.3, -0.25) is 4.79 Å². The summed E-state index contributed by atoms with van der Waals surface area (Å²) in [4.78, 5) is 21.3. The average Bonchev–Trinajstić information content (AvgIpc) is 3.05. The molecule has 25 heavy (non-hydrogen) atoms. The summed E-state index contributed by atoms with van der Waals surface area (Å²) < 4.78 is 0. The summed E-state index contributed by atoms with van der Waals surface area (Å²) in [6.07, 6.45) is 6.46. The minimum absolute atomic E-state index is 0.130. The highest BCUT2D eigenvalue weighted by Gasteiger charge is 2.15. The van der Waals surface area contributed by atoms with Crippen LogP contribution in [0.1, 0.15) is 59.7 Å². The number of fused-ring (bicyclic) bond motifs is 1. The predicted molar refractivity (Wildman–Crippen MR) is 96.3 cm³/mol. The Bertz CT molecular complexity index is 766. The lowest BCUT2D eigenvalue weighted by Gasteiger charge is -2.16. The van der Waals surface area contributed by atoms with Gasteiger partial charge >= 0.3 is 0 Å². The Balaban J connectivity index is 1.59. The molecule has 0 saturated carbocycles. The number of benzene rings is 1. The van der Waals surface area contributed by atoms with Crippen molar-refractivity contribution in [3.8, 4) is 0 Å². The quantitative estimate of drug-likeness (QED) is 0.848. The summed E-state index contributed by atoms with van der Waals surface area (Å²) >= 11 is 0. The van der Waals surface area contributed by atoms with E-state index in [4.69, 9.17) is 0 Å². The number of carbonyl (C=O) groups excluding carboxylic acids is 1. The van der Waals surface area contributed by atoms with Crippen molar-refractivity contribution in [2.45, 2.75) is 58.1 Å². The highest BCUT2D eigenvalue weighted by atomic mass is 16.3. The lowest BCUT2D eigenvalue weighted by atomic mass is 9.98. The fourth-order valence-electron chi connectivity index (χ4n) is 3.02. The minimum atomic E-state index is -0.705. The Labute approximate surface area is 148 Å². The number of amides is 1. The summed E-state index contributed by atoms with van der Waals surface area (Å²) in [6, 6.07) is 7.53. The van der Waals surface area contributed by atoms with Gasteiger partial charge in [0.25, 0.3) is 5.91 Å². The van der Waals surface area contributed by atoms with Gasteiger partial charge < -0.3 is 10.4 Å². The molecule has 1 aromatic heterocycles. The molecule has 1 aliphatic rings. The number of nitrogens with one attached hydrogen (secondary N) is 1. The molecule has 0 fully saturated rings. The summed E-state index contributed by atoms with van der Waals surface area (Å²) in [5.41, 5.74) is 3.31. The zero-order valence-corrected chi connectivity index (χ0v) is 14.9. The van der Waals surface area contributed by atoms with Gasteiger partial charge in [0.15, 0.2) is 0 Å². The number of hydrogen-bond acceptors (Lipinski definition) is 4. The second kappa shape index (κ2) is 7.31. The maximum absolute atomic E-state index is 12.4. The van der Waals surface area contributed by atoms with Crippen LogP contribution in [0.15, 0.2) is 30.5 Å². The number of hydrogen-bond donors (Lipinski definition) is 2. The molecule has 0 aliphatic heterocycles. The largest absolute Gasteiger partial charge is 0.390 e. The van der Waals surface area contributed by atoms with Crippen LogP contribution in [-0.2, 0) is 25.8 Å². The Kier molecular flexibility index (Phi) is 5.13. The van der Waals surface area contributed by atoms with Crippen LogP contribution in [-0.4, -0.2) is 26.6 Å². The van der Waals surface area contributed by atoms with Gasteiger partial charge in [-0.1, -0.05) is 12.1 Å². The highest BCUT2D eigenvalue weighted by Crippen LogP contribution is 2.18. The molecular weight excluding hydrogens is 314 g/mol. The maximum atomic E-state index is 12.4. The summed E-state index contributed by atoms with van der Waals surface area (Å²) in [5.74, 6) is 0.529. The monoisotopic (exact) mass is 339 g/mol. The van der Waals surface area contributed by atoms with Crippen LogP contribution in [0.5, 0.6) is 0 Å². The second-order valence-electron chi connectivity index (χ2n) is 7.31. The third-order valence-electron chi connectivity index (χ3n) is 4.49. The van der Waals surface area contributed by atoms with Crippen molar-refractivity contribution in [3.05, 3.63) is 58.7 Å². The van der Waals surface area contributed by atoms with Gasteiger partial charge in [0.1, 0.15) is 5.82 Å². The van der Waals surface area contributed by atoms with E-state index in [0.717, 1.165) is 36.9 Å². The Morgan fingerprint density at radius 2 is 2.16 bits per heavy atom. The van der Waals surface area contributed by atoms with Gasteiger partial charge in [-0.25, -0.2) is 9.97 Å². The molecule has 0 saturated heterocycles. The predicted octanol–water partition coefficient (Wildman–Crippen LogP) is 2.60. The fourth-order valence-corrected chi connectivity index (χ4v) is 3.02. The zero-order valence-electron chi connectivity index (χ0n) is 14.9. The van der Waals surface area contributed by atoms with Gasteiger partial charge in [-0.2, -0.15) is 0 Å². The van der Waals surface area contributed by atoms with Crippen LogP contribution in [0.2, 0.25) is 0 Å². The van der Waals surface area contributed by atoms with Gasteiger partial charge in [-0.15, -0.1) is 0 Å². The maximum Gasteiger partial charge on any atom is 0.251 e. The number of aryl methyl sites for hydroxylation is 3. The van der Waals surface area contributed by atoms with E-state index in [0.29, 0.717) is 24.4 Å². The smallest absolute Gasteiger partial charge is 0.251 e. The van der Waals surface area contributed by atoms with Crippen molar-refractivity contribution < 1.29 is 9.90 Å². The van der Waals surface area contributed by atoms with Crippen molar-refractivity contribution in [1.29, 1.82) is 0 Å². The Hall–Kier alpha value is -2.27. The standard InChI is InChI=1S/C20H25N3O2/c1-20(2,25)10-9-14-5-3-6-15(11-14)19(24)22-13-18-21-12-16-7-4-8-17(16)23-18/h3,5-6,11-12,25H,4,7-10,13H2,1-2H3,(H,22,24). The van der Waals surface area contributed by atoms with E-state index in [1.807, 2.05) is 24.4 Å². The normalized spacial score (nSPS) is 13.6. The molecule has 0 radical (unpaired) electrons. The Morgan fingerprint density at radius 1 is 1.32 bits per heavy atom. The lowest BCUT2D eigenvalue weighted by Crippen LogP contribution is -2.24. The zero-order chi connectivity index (χ0) is 17.9. The summed E-state index contributed by atoms with van der Waals surface area (Å²) in [6.45, 7) is 3.92. The fraction of sp³-hybridized carbons (Fsp3) is 0.450. The van der Waals surface area contributed by atoms with E-state index in [1.165, 1.54) is 5.56 Å². The van der Waals surface area contributed by atoms with Crippen molar-refractivity contribution in [1.82, 2.24) is 15.3 Å². The molecule has 1 aliphatic carbocycles. The first-order chi connectivity index (χ1) is 11.9. The molecule has 132 valence electrons. The van der Waals surface area contributed by atoms with Gasteiger partial charge in [0, 0.05) is 17.5 Å². The first-order valence-corrected chi connectivity index (χ1v) is 8.84. The first kappa shape index (κ1) is 17.5. The molecular formula is C20H25N3O2. The van der Waals surface area contributed by atoms with Crippen LogP contribution in [0.25, 0.3) is 0 Å². The Morgan fingerprint density at radius 3 is 2.96 bits per heavy atom. The van der Waals surface area contributed by atoms with Crippen LogP contribution >= 0.6 is 0 Å². The van der Waals surface area contributed by atoms with Gasteiger partial charge in [-0.05, 0) is 69.2 Å². The summed E-state index contributed by atoms with van der Waals surface area (Å²) in [5, 5.41) is 12.7. The van der Waals surface area contributed by atoms with Gasteiger partial charge in [0.05, 0.1) is 12.1 Å². The van der Waals surface area contributed by atoms with E-state index in [9.17, 15) is 9.90 Å². The van der Waals surface area contributed by atoms with Crippen LogP contribution in [0.4, 0.5) is 0 Å². The second-order valence-corrected chi connectivity index (χ2v) is 7.31. The molecule has 1 aromatic carbocycles. The molecule has 1 amide bonds. The molecule has 2 aromatic rings. The average molecular weight is 339 g/mol. The molecule has 0 atom stereocenters. The molecule has 5 nitrogen and oxygen atoms in total. The molecule has 1 heterocycles. The SMILES string of the molecule is CC(C)(O)CCc1cccc(C(=O)NCc2ncc3c(n2)CCC3)c1. The molecule has 0 bridgehead atoms. The molecule has 0 unspecified atom stereocenters. The van der Waals surface area contributed by atoms with Gasteiger partial charge in [0.2, 0.25) is 0 Å². The van der Waals surface area contributed by atoms with Crippen molar-refractivity contribution in [2.75, 3.05) is 0 Å². The van der Waals surface area contributed by atoms with E-state index in [2.05, 4.69) is 15.3 Å². The number of aromatic nitrogens is 2. The third kappa shape index (κ3) is 4.86. The van der Waals surface area contributed by atoms with Crippen molar-refractivity contribution in [2.24, 2.45) is 0 Å². The van der Waals surface area contributed by atoms with Crippen LogP contribution < -0.4 is 5.32 Å². The first-order valence-electron chi connectivity index (χ1n) is 8.84. The summed E-state index contributed by atoms with van der Waals surface area (Å²) in [7, 11) is 0. The molecule has 2 N–H and O–H groups in total. The van der Waals surface area contributed by atoms with Crippen molar-refractivity contribution >= 4 is 5.91 Å². The highest BCUT2D eigenvalue weighted by molar-refractivity contribution is 5.94. The topological polar surface area (TPSA) is 75.1 Å². The van der Waals surface area contributed by atoms with Crippen molar-refractivity contribution in [3.63, 3.8) is 0 Å². The van der Waals surface area contributed by atoms with E-state index < -0.39 is 5.60 Å². The molecule has 5 heteroatoms. The lowest BCUT2D eigenvalue weighted by molar-refractivity contribution is 0.0714. The van der Waals surface area contributed by atoms with E-state index in [-0.39, 0.29) is 5.91 Å². The number of rotatable bonds is 6. The number of aliphatic hydroxyl groups is 1. The van der Waals surface area contributed by atoms with Crippen LogP contribution in [0, 0.1) is 0 Å². The van der Waals surface area contributed by atoms with Crippen LogP contribution in [0.3, 0.4) is 0 Å². The van der Waals surface area contributed by atoms with E-state index >= 15 is 0 Å².